The number of rotatable bonds is 6. The number of aliphatic hydroxyl groups excluding tert-OH is 1. The fourth-order valence-electron chi connectivity index (χ4n) is 1.71. The van der Waals surface area contributed by atoms with Crippen molar-refractivity contribution in [2.45, 2.75) is 19.1 Å². The van der Waals surface area contributed by atoms with Crippen molar-refractivity contribution < 1.29 is 19.4 Å². The number of hydrogen-bond donors (Lipinski definition) is 2. The first kappa shape index (κ1) is 14.4. The first-order chi connectivity index (χ1) is 8.15. The summed E-state index contributed by atoms with van der Waals surface area (Å²) in [5.74, 6) is 0.0536. The maximum Gasteiger partial charge on any atom is 0.239 e. The Morgan fingerprint density at radius 1 is 1.53 bits per heavy atom. The van der Waals surface area contributed by atoms with Gasteiger partial charge in [-0.1, -0.05) is 0 Å². The van der Waals surface area contributed by atoms with Gasteiger partial charge in [0.2, 0.25) is 5.91 Å². The van der Waals surface area contributed by atoms with E-state index in [1.165, 1.54) is 7.11 Å². The zero-order valence-corrected chi connectivity index (χ0v) is 10.5. The van der Waals surface area contributed by atoms with Crippen molar-refractivity contribution in [2.24, 2.45) is 0 Å². The fourth-order valence-corrected chi connectivity index (χ4v) is 1.71. The molecule has 1 fully saturated rings. The number of carbonyl (C=O) groups excluding carboxylic acids is 1. The summed E-state index contributed by atoms with van der Waals surface area (Å²) in [5.41, 5.74) is 0. The average Bonchev–Trinajstić information content (AvgIpc) is 2.36. The molecule has 1 rings (SSSR count). The molecule has 100 valence electrons. The van der Waals surface area contributed by atoms with Gasteiger partial charge in [0.1, 0.15) is 0 Å². The summed E-state index contributed by atoms with van der Waals surface area (Å²) < 4.78 is 10.00. The van der Waals surface area contributed by atoms with Crippen LogP contribution in [0.4, 0.5) is 0 Å². The number of carbonyl (C=O) groups is 1. The Morgan fingerprint density at radius 3 is 2.76 bits per heavy atom. The number of hydrogen-bond acceptors (Lipinski definition) is 5. The first-order valence-corrected chi connectivity index (χ1v) is 5.92. The summed E-state index contributed by atoms with van der Waals surface area (Å²) in [4.78, 5) is 13.7. The third-order valence-electron chi connectivity index (χ3n) is 2.71. The third-order valence-corrected chi connectivity index (χ3v) is 2.71. The average molecular weight is 246 g/mol. The molecule has 1 saturated heterocycles. The summed E-state index contributed by atoms with van der Waals surface area (Å²) >= 11 is 0. The summed E-state index contributed by atoms with van der Waals surface area (Å²) in [5, 5.41) is 12.5. The van der Waals surface area contributed by atoms with Crippen molar-refractivity contribution in [3.05, 3.63) is 0 Å². The molecule has 1 amide bonds. The van der Waals surface area contributed by atoms with Gasteiger partial charge in [0.15, 0.2) is 0 Å². The van der Waals surface area contributed by atoms with Crippen LogP contribution < -0.4 is 5.32 Å². The van der Waals surface area contributed by atoms with Gasteiger partial charge in [0, 0.05) is 26.7 Å². The van der Waals surface area contributed by atoms with Gasteiger partial charge in [-0.15, -0.1) is 0 Å². The van der Waals surface area contributed by atoms with Gasteiger partial charge in [0.25, 0.3) is 0 Å². The summed E-state index contributed by atoms with van der Waals surface area (Å²) in [7, 11) is 1.53. The van der Waals surface area contributed by atoms with Gasteiger partial charge >= 0.3 is 0 Å². The molecule has 1 aliphatic rings. The van der Waals surface area contributed by atoms with Crippen LogP contribution in [0, 0.1) is 0 Å². The lowest BCUT2D eigenvalue weighted by molar-refractivity contribution is -0.137. The largest absolute Gasteiger partial charge is 0.389 e. The molecule has 0 bridgehead atoms. The van der Waals surface area contributed by atoms with Gasteiger partial charge in [-0.3, -0.25) is 4.79 Å². The van der Waals surface area contributed by atoms with Crippen molar-refractivity contribution in [1.29, 1.82) is 0 Å². The smallest absolute Gasteiger partial charge is 0.239 e. The van der Waals surface area contributed by atoms with Crippen molar-refractivity contribution in [2.75, 3.05) is 46.6 Å². The van der Waals surface area contributed by atoms with E-state index in [0.29, 0.717) is 32.8 Å². The minimum Gasteiger partial charge on any atom is -0.389 e. The fraction of sp³-hybridized carbons (Fsp3) is 0.909. The molecule has 6 heteroatoms. The van der Waals surface area contributed by atoms with Crippen LogP contribution in [-0.2, 0) is 14.3 Å². The zero-order chi connectivity index (χ0) is 12.7. The molecular formula is C11H22N2O4. The number of methoxy groups -OCH3 is 1. The molecule has 0 spiro atoms. The Labute approximate surface area is 102 Å². The van der Waals surface area contributed by atoms with Crippen molar-refractivity contribution in [3.8, 4) is 0 Å². The Kier molecular flexibility index (Phi) is 6.43. The van der Waals surface area contributed by atoms with E-state index in [1.807, 2.05) is 0 Å². The minimum atomic E-state index is -0.583. The van der Waals surface area contributed by atoms with E-state index in [1.54, 1.807) is 11.8 Å². The van der Waals surface area contributed by atoms with Crippen LogP contribution in [-0.4, -0.2) is 74.6 Å². The standard InChI is InChI=1S/C11H22N2O4/c1-9(12-7-10(14)8-16-2)11(15)13-3-5-17-6-4-13/h9-10,12,14H,3-8H2,1-2H3. The van der Waals surface area contributed by atoms with Gasteiger partial charge in [-0.25, -0.2) is 0 Å². The molecule has 0 saturated carbocycles. The molecule has 2 unspecified atom stereocenters. The summed E-state index contributed by atoms with van der Waals surface area (Å²) in [6.07, 6.45) is -0.583. The molecule has 1 heterocycles. The number of nitrogens with one attached hydrogen (secondary N) is 1. The predicted octanol–water partition coefficient (Wildman–Crippen LogP) is -1.17. The third kappa shape index (κ3) is 4.99. The highest BCUT2D eigenvalue weighted by atomic mass is 16.5. The number of aliphatic hydroxyl groups is 1. The quantitative estimate of drug-likeness (QED) is 0.618. The summed E-state index contributed by atoms with van der Waals surface area (Å²) in [6, 6.07) is -0.292. The van der Waals surface area contributed by atoms with Crippen molar-refractivity contribution >= 4 is 5.91 Å². The molecular weight excluding hydrogens is 224 g/mol. The molecule has 1 aliphatic heterocycles. The van der Waals surface area contributed by atoms with E-state index < -0.39 is 6.10 Å². The highest BCUT2D eigenvalue weighted by molar-refractivity contribution is 5.81. The second-order valence-corrected chi connectivity index (χ2v) is 4.18. The first-order valence-electron chi connectivity index (χ1n) is 5.92. The highest BCUT2D eigenvalue weighted by Crippen LogP contribution is 2.00. The van der Waals surface area contributed by atoms with E-state index in [9.17, 15) is 9.90 Å². The molecule has 2 atom stereocenters. The normalized spacial score (nSPS) is 20.1. The van der Waals surface area contributed by atoms with E-state index >= 15 is 0 Å². The highest BCUT2D eigenvalue weighted by Gasteiger charge is 2.22. The van der Waals surface area contributed by atoms with Gasteiger partial charge in [0.05, 0.1) is 32.0 Å². The van der Waals surface area contributed by atoms with Crippen LogP contribution >= 0.6 is 0 Å². The molecule has 2 N–H and O–H groups in total. The lowest BCUT2D eigenvalue weighted by Crippen LogP contribution is -2.50. The Balaban J connectivity index is 2.25. The van der Waals surface area contributed by atoms with E-state index in [-0.39, 0.29) is 18.6 Å². The molecule has 6 nitrogen and oxygen atoms in total. The predicted molar refractivity (Wildman–Crippen MR) is 62.7 cm³/mol. The second-order valence-electron chi connectivity index (χ2n) is 4.18. The molecule has 0 aromatic rings. The lowest BCUT2D eigenvalue weighted by Gasteiger charge is -2.29. The molecule has 0 radical (unpaired) electrons. The Hall–Kier alpha value is -0.690. The van der Waals surface area contributed by atoms with Crippen LogP contribution in [0.25, 0.3) is 0 Å². The van der Waals surface area contributed by atoms with Crippen LogP contribution in [0.1, 0.15) is 6.92 Å². The topological polar surface area (TPSA) is 71.0 Å². The molecule has 17 heavy (non-hydrogen) atoms. The minimum absolute atomic E-state index is 0.0536. The second kappa shape index (κ2) is 7.60. The van der Waals surface area contributed by atoms with Crippen molar-refractivity contribution in [3.63, 3.8) is 0 Å². The van der Waals surface area contributed by atoms with Gasteiger partial charge in [-0.2, -0.15) is 0 Å². The van der Waals surface area contributed by atoms with Crippen LogP contribution in [0.15, 0.2) is 0 Å². The number of nitrogens with zero attached hydrogens (tertiary/aromatic N) is 1. The molecule has 0 aromatic carbocycles. The number of morpholine rings is 1. The molecule has 0 aromatic heterocycles. The van der Waals surface area contributed by atoms with Gasteiger partial charge in [-0.05, 0) is 6.92 Å². The van der Waals surface area contributed by atoms with Crippen LogP contribution in [0.5, 0.6) is 0 Å². The van der Waals surface area contributed by atoms with Crippen molar-refractivity contribution in [1.82, 2.24) is 10.2 Å². The van der Waals surface area contributed by atoms with Crippen LogP contribution in [0.2, 0.25) is 0 Å². The number of amides is 1. The maximum absolute atomic E-state index is 12.0. The number of ether oxygens (including phenoxy) is 2. The zero-order valence-electron chi connectivity index (χ0n) is 10.5. The monoisotopic (exact) mass is 246 g/mol. The van der Waals surface area contributed by atoms with E-state index in [2.05, 4.69) is 5.32 Å². The Bertz CT molecular complexity index is 232. The lowest BCUT2D eigenvalue weighted by atomic mass is 10.2. The molecule has 0 aliphatic carbocycles. The Morgan fingerprint density at radius 2 is 2.18 bits per heavy atom. The summed E-state index contributed by atoms with van der Waals surface area (Å²) in [6.45, 7) is 4.92. The van der Waals surface area contributed by atoms with E-state index in [0.717, 1.165) is 0 Å². The van der Waals surface area contributed by atoms with Gasteiger partial charge < -0.3 is 24.8 Å². The SMILES string of the molecule is COCC(O)CNC(C)C(=O)N1CCOCC1. The maximum atomic E-state index is 12.0. The van der Waals surface area contributed by atoms with Crippen LogP contribution in [0.3, 0.4) is 0 Å². The van der Waals surface area contributed by atoms with E-state index in [4.69, 9.17) is 9.47 Å².